The molecule has 16 heavy (non-hydrogen) atoms. The average molecular weight is 303 g/mol. The Morgan fingerprint density at radius 3 is 1.94 bits per heavy atom. The molecule has 0 bridgehead atoms. The van der Waals surface area contributed by atoms with E-state index in [1.165, 1.54) is 0 Å². The average Bonchev–Trinajstić information content (AvgIpc) is 2.21. The third-order valence-electron chi connectivity index (χ3n) is 2.79. The molecule has 1 aromatic rings. The van der Waals surface area contributed by atoms with E-state index >= 15 is 0 Å². The molecule has 0 unspecified atom stereocenters. The topological polar surface area (TPSA) is 18.5 Å². The summed E-state index contributed by atoms with van der Waals surface area (Å²) in [6, 6.07) is 8.13. The normalized spacial score (nSPS) is 12.9. The molecule has 1 aromatic carbocycles. The van der Waals surface area contributed by atoms with Gasteiger partial charge in [-0.15, -0.1) is 0 Å². The molecule has 0 atom stereocenters. The van der Waals surface area contributed by atoms with Gasteiger partial charge in [0.2, 0.25) is 0 Å². The Kier molecular flexibility index (Phi) is 4.34. The van der Waals surface area contributed by atoms with E-state index in [9.17, 15) is 0 Å². The van der Waals surface area contributed by atoms with Crippen molar-refractivity contribution in [3.8, 4) is 0 Å². The van der Waals surface area contributed by atoms with Crippen LogP contribution in [-0.4, -0.2) is 22.8 Å². The van der Waals surface area contributed by atoms with Crippen molar-refractivity contribution in [1.82, 2.24) is 0 Å². The molecule has 0 radical (unpaired) electrons. The van der Waals surface area contributed by atoms with Crippen LogP contribution in [0.1, 0.15) is 20.8 Å². The van der Waals surface area contributed by atoms with Gasteiger partial charge in [0.15, 0.2) is 0 Å². The summed E-state index contributed by atoms with van der Waals surface area (Å²) in [5, 5.41) is 1.12. The second kappa shape index (κ2) is 5.00. The summed E-state index contributed by atoms with van der Waals surface area (Å²) in [7, 11) is 1.06. The number of benzene rings is 1. The zero-order valence-electron chi connectivity index (χ0n) is 10.5. The van der Waals surface area contributed by atoms with Gasteiger partial charge in [-0.3, -0.25) is 0 Å². The van der Waals surface area contributed by atoms with Gasteiger partial charge in [-0.2, -0.15) is 0 Å². The van der Waals surface area contributed by atoms with Crippen molar-refractivity contribution >= 4 is 29.7 Å². The third-order valence-corrected chi connectivity index (χ3v) is 8.12. The number of hydrogen-bond acceptors (Lipinski definition) is 2. The summed E-state index contributed by atoms with van der Waals surface area (Å²) in [4.78, 5) is 0. The molecule has 0 aliphatic carbocycles. The molecule has 0 fully saturated rings. The van der Waals surface area contributed by atoms with Gasteiger partial charge >= 0.3 is 8.56 Å². The lowest BCUT2D eigenvalue weighted by Gasteiger charge is -2.39. The summed E-state index contributed by atoms with van der Waals surface area (Å²) in [5.74, 6) is 0. The van der Waals surface area contributed by atoms with Gasteiger partial charge in [0, 0.05) is 28.9 Å². The van der Waals surface area contributed by atoms with Gasteiger partial charge in [-0.1, -0.05) is 54.9 Å². The van der Waals surface area contributed by atoms with Crippen LogP contribution in [0.25, 0.3) is 0 Å². The van der Waals surface area contributed by atoms with Crippen LogP contribution in [0.3, 0.4) is 0 Å². The summed E-state index contributed by atoms with van der Waals surface area (Å²) in [6.07, 6.45) is 0. The lowest BCUT2D eigenvalue weighted by Crippen LogP contribution is -2.59. The first-order valence-electron chi connectivity index (χ1n) is 5.24. The summed E-state index contributed by atoms with van der Waals surface area (Å²) in [6.45, 7) is 6.48. The largest absolute Gasteiger partial charge is 0.394 e. The Morgan fingerprint density at radius 1 is 1.06 bits per heavy atom. The lowest BCUT2D eigenvalue weighted by molar-refractivity contribution is 0.230. The summed E-state index contributed by atoms with van der Waals surface area (Å²) >= 11 is 3.58. The zero-order chi connectivity index (χ0) is 12.4. The minimum atomic E-state index is -2.41. The molecule has 0 aromatic heterocycles. The monoisotopic (exact) mass is 302 g/mol. The highest BCUT2D eigenvalue weighted by molar-refractivity contribution is 9.10. The van der Waals surface area contributed by atoms with Gasteiger partial charge in [-0.05, 0) is 6.07 Å². The zero-order valence-corrected chi connectivity index (χ0v) is 13.1. The van der Waals surface area contributed by atoms with Crippen molar-refractivity contribution in [3.05, 3.63) is 28.7 Å². The molecule has 0 aliphatic heterocycles. The minimum absolute atomic E-state index is 0.0274. The van der Waals surface area contributed by atoms with Gasteiger partial charge in [-0.25, -0.2) is 0 Å². The maximum Gasteiger partial charge on any atom is 0.378 e. The summed E-state index contributed by atoms with van der Waals surface area (Å²) < 4.78 is 12.7. The van der Waals surface area contributed by atoms with Gasteiger partial charge < -0.3 is 8.85 Å². The quantitative estimate of drug-likeness (QED) is 0.798. The van der Waals surface area contributed by atoms with Crippen LogP contribution in [0.15, 0.2) is 28.7 Å². The molecule has 0 aliphatic rings. The molecule has 90 valence electrons. The smallest absolute Gasteiger partial charge is 0.378 e. The number of rotatable bonds is 3. The highest BCUT2D eigenvalue weighted by Crippen LogP contribution is 2.37. The molecular weight excluding hydrogens is 284 g/mol. The molecule has 0 saturated carbocycles. The van der Waals surface area contributed by atoms with E-state index in [1.807, 2.05) is 18.2 Å². The van der Waals surface area contributed by atoms with Crippen molar-refractivity contribution < 1.29 is 8.85 Å². The van der Waals surface area contributed by atoms with Gasteiger partial charge in [0.1, 0.15) is 0 Å². The van der Waals surface area contributed by atoms with E-state index < -0.39 is 8.56 Å². The van der Waals surface area contributed by atoms with Crippen molar-refractivity contribution in [2.24, 2.45) is 0 Å². The van der Waals surface area contributed by atoms with Crippen LogP contribution in [-0.2, 0) is 8.85 Å². The molecule has 1 rings (SSSR count). The first-order valence-corrected chi connectivity index (χ1v) is 7.85. The van der Waals surface area contributed by atoms with E-state index in [-0.39, 0.29) is 5.04 Å². The van der Waals surface area contributed by atoms with E-state index in [2.05, 4.69) is 42.8 Å². The van der Waals surface area contributed by atoms with Crippen LogP contribution in [0, 0.1) is 0 Å². The van der Waals surface area contributed by atoms with Crippen molar-refractivity contribution in [1.29, 1.82) is 0 Å². The Morgan fingerprint density at radius 2 is 1.56 bits per heavy atom. The third kappa shape index (κ3) is 2.25. The Hall–Kier alpha value is -0.163. The first kappa shape index (κ1) is 13.9. The van der Waals surface area contributed by atoms with Crippen LogP contribution >= 0.6 is 15.9 Å². The van der Waals surface area contributed by atoms with Crippen molar-refractivity contribution in [2.45, 2.75) is 25.8 Å². The Bertz CT molecular complexity index is 356. The Balaban J connectivity index is 3.38. The molecule has 2 nitrogen and oxygen atoms in total. The van der Waals surface area contributed by atoms with Crippen LogP contribution < -0.4 is 5.19 Å². The molecular formula is C12H19BrO2Si. The fraction of sp³-hybridized carbons (Fsp3) is 0.500. The molecule has 0 saturated heterocycles. The Labute approximate surface area is 107 Å². The van der Waals surface area contributed by atoms with Crippen LogP contribution in [0.2, 0.25) is 5.04 Å². The van der Waals surface area contributed by atoms with Gasteiger partial charge in [0.25, 0.3) is 0 Å². The number of halogens is 1. The van der Waals surface area contributed by atoms with Crippen molar-refractivity contribution in [2.75, 3.05) is 14.2 Å². The van der Waals surface area contributed by atoms with E-state index in [4.69, 9.17) is 8.85 Å². The van der Waals surface area contributed by atoms with Gasteiger partial charge in [0.05, 0.1) is 0 Å². The number of hydrogen-bond donors (Lipinski definition) is 0. The molecule has 0 spiro atoms. The minimum Gasteiger partial charge on any atom is -0.394 e. The van der Waals surface area contributed by atoms with E-state index in [0.717, 1.165) is 9.66 Å². The standard InChI is InChI=1S/C12H19BrO2Si/c1-12(2,3)16(14-4,15-5)11-9-7-6-8-10(11)13/h6-9H,1-5H3. The summed E-state index contributed by atoms with van der Waals surface area (Å²) in [5.41, 5.74) is 0. The predicted octanol–water partition coefficient (Wildman–Crippen LogP) is 3.19. The first-order chi connectivity index (χ1) is 7.39. The SMILES string of the molecule is CO[Si](OC)(c1ccccc1Br)C(C)(C)C. The second-order valence-electron chi connectivity index (χ2n) is 4.75. The maximum atomic E-state index is 5.81. The molecule has 0 N–H and O–H groups in total. The maximum absolute atomic E-state index is 5.81. The lowest BCUT2D eigenvalue weighted by atomic mass is 10.2. The van der Waals surface area contributed by atoms with Crippen molar-refractivity contribution in [3.63, 3.8) is 0 Å². The van der Waals surface area contributed by atoms with Crippen LogP contribution in [0.4, 0.5) is 0 Å². The highest BCUT2D eigenvalue weighted by atomic mass is 79.9. The molecule has 0 heterocycles. The fourth-order valence-corrected chi connectivity index (χ4v) is 6.47. The fourth-order valence-electron chi connectivity index (χ4n) is 2.05. The highest BCUT2D eigenvalue weighted by Gasteiger charge is 2.50. The second-order valence-corrected chi connectivity index (χ2v) is 9.70. The van der Waals surface area contributed by atoms with E-state index in [1.54, 1.807) is 14.2 Å². The predicted molar refractivity (Wildman–Crippen MR) is 73.3 cm³/mol. The molecule has 4 heteroatoms. The van der Waals surface area contributed by atoms with E-state index in [0.29, 0.717) is 0 Å². The van der Waals surface area contributed by atoms with Crippen LogP contribution in [0.5, 0.6) is 0 Å². The molecule has 0 amide bonds.